The smallest absolute Gasteiger partial charge is 0.183 e. The molecular formula is C13H9ClN4. The fourth-order valence-corrected chi connectivity index (χ4v) is 1.83. The average molecular weight is 257 g/mol. The third kappa shape index (κ3) is 1.98. The molecular weight excluding hydrogens is 248 g/mol. The zero-order chi connectivity index (χ0) is 12.4. The van der Waals surface area contributed by atoms with E-state index in [0.717, 1.165) is 16.6 Å². The van der Waals surface area contributed by atoms with Gasteiger partial charge in [-0.2, -0.15) is 5.10 Å². The van der Waals surface area contributed by atoms with Gasteiger partial charge >= 0.3 is 0 Å². The van der Waals surface area contributed by atoms with Gasteiger partial charge in [-0.3, -0.25) is 5.10 Å². The van der Waals surface area contributed by atoms with Crippen LogP contribution in [0, 0.1) is 0 Å². The number of aliphatic imine (C=N–C) groups is 1. The van der Waals surface area contributed by atoms with Gasteiger partial charge < -0.3 is 0 Å². The van der Waals surface area contributed by atoms with Crippen LogP contribution < -0.4 is 0 Å². The van der Waals surface area contributed by atoms with Crippen LogP contribution in [0.2, 0.25) is 5.02 Å². The van der Waals surface area contributed by atoms with Crippen molar-refractivity contribution >= 4 is 34.7 Å². The number of nitrogens with one attached hydrogen (secondary N) is 1. The summed E-state index contributed by atoms with van der Waals surface area (Å²) in [5.41, 5.74) is 1.59. The Kier molecular flexibility index (Phi) is 2.78. The van der Waals surface area contributed by atoms with Gasteiger partial charge in [-0.15, -0.1) is 0 Å². The van der Waals surface area contributed by atoms with Crippen molar-refractivity contribution in [3.63, 3.8) is 0 Å². The summed E-state index contributed by atoms with van der Waals surface area (Å²) < 4.78 is 0. The summed E-state index contributed by atoms with van der Waals surface area (Å²) in [6, 6.07) is 11.3. The highest BCUT2D eigenvalue weighted by Gasteiger charge is 2.03. The molecule has 0 aliphatic heterocycles. The van der Waals surface area contributed by atoms with Crippen LogP contribution in [-0.4, -0.2) is 21.4 Å². The van der Waals surface area contributed by atoms with Crippen molar-refractivity contribution in [3.8, 4) is 0 Å². The monoisotopic (exact) mass is 256 g/mol. The number of hydrogen-bond donors (Lipinski definition) is 1. The molecule has 1 N–H and O–H groups in total. The second-order valence-electron chi connectivity index (χ2n) is 3.73. The Hall–Kier alpha value is -2.20. The van der Waals surface area contributed by atoms with E-state index in [2.05, 4.69) is 20.2 Å². The SMILES string of the molecule is Clc1ccccc1C=Nc1n[nH]c2ncccc12. The highest BCUT2D eigenvalue weighted by Crippen LogP contribution is 2.21. The second-order valence-corrected chi connectivity index (χ2v) is 4.13. The van der Waals surface area contributed by atoms with Crippen LogP contribution in [0.15, 0.2) is 47.6 Å². The van der Waals surface area contributed by atoms with E-state index < -0.39 is 0 Å². The summed E-state index contributed by atoms with van der Waals surface area (Å²) in [7, 11) is 0. The van der Waals surface area contributed by atoms with Gasteiger partial charge in [-0.1, -0.05) is 29.8 Å². The molecule has 88 valence electrons. The van der Waals surface area contributed by atoms with E-state index in [0.29, 0.717) is 10.8 Å². The lowest BCUT2D eigenvalue weighted by Crippen LogP contribution is -1.81. The number of H-pyrrole nitrogens is 1. The van der Waals surface area contributed by atoms with Crippen LogP contribution in [0.3, 0.4) is 0 Å². The molecule has 0 bridgehead atoms. The first-order valence-electron chi connectivity index (χ1n) is 5.42. The van der Waals surface area contributed by atoms with Gasteiger partial charge in [0.15, 0.2) is 11.5 Å². The molecule has 0 unspecified atom stereocenters. The van der Waals surface area contributed by atoms with Crippen molar-refractivity contribution in [2.24, 2.45) is 4.99 Å². The van der Waals surface area contributed by atoms with Crippen LogP contribution in [-0.2, 0) is 0 Å². The van der Waals surface area contributed by atoms with Crippen molar-refractivity contribution in [1.82, 2.24) is 15.2 Å². The third-order valence-electron chi connectivity index (χ3n) is 2.55. The fourth-order valence-electron chi connectivity index (χ4n) is 1.65. The quantitative estimate of drug-likeness (QED) is 0.715. The van der Waals surface area contributed by atoms with Gasteiger partial charge in [-0.05, 0) is 18.2 Å². The summed E-state index contributed by atoms with van der Waals surface area (Å²) in [6.07, 6.45) is 3.41. The Morgan fingerprint density at radius 3 is 2.94 bits per heavy atom. The number of benzene rings is 1. The Balaban J connectivity index is 2.00. The van der Waals surface area contributed by atoms with Crippen molar-refractivity contribution in [2.45, 2.75) is 0 Å². The lowest BCUT2D eigenvalue weighted by Gasteiger charge is -1.95. The number of pyridine rings is 1. The molecule has 0 fully saturated rings. The summed E-state index contributed by atoms with van der Waals surface area (Å²) in [4.78, 5) is 8.49. The molecule has 0 radical (unpaired) electrons. The molecule has 3 rings (SSSR count). The van der Waals surface area contributed by atoms with Crippen LogP contribution in [0.4, 0.5) is 5.82 Å². The first-order valence-corrected chi connectivity index (χ1v) is 5.80. The second kappa shape index (κ2) is 4.58. The number of aromatic amines is 1. The molecule has 0 spiro atoms. The summed E-state index contributed by atoms with van der Waals surface area (Å²) >= 11 is 6.05. The van der Waals surface area contributed by atoms with Gasteiger partial charge in [-0.25, -0.2) is 9.98 Å². The minimum Gasteiger partial charge on any atom is -0.259 e. The largest absolute Gasteiger partial charge is 0.259 e. The fraction of sp³-hybridized carbons (Fsp3) is 0. The molecule has 4 nitrogen and oxygen atoms in total. The van der Waals surface area contributed by atoms with Crippen LogP contribution >= 0.6 is 11.6 Å². The predicted octanol–water partition coefficient (Wildman–Crippen LogP) is 3.36. The Labute approximate surface area is 108 Å². The molecule has 1 aromatic carbocycles. The topological polar surface area (TPSA) is 53.9 Å². The number of hydrogen-bond acceptors (Lipinski definition) is 3. The van der Waals surface area contributed by atoms with E-state index in [1.54, 1.807) is 12.4 Å². The number of fused-ring (bicyclic) bond motifs is 1. The van der Waals surface area contributed by atoms with Crippen molar-refractivity contribution in [2.75, 3.05) is 0 Å². The zero-order valence-corrected chi connectivity index (χ0v) is 10.1. The Bertz CT molecular complexity index is 718. The van der Waals surface area contributed by atoms with Gasteiger partial charge in [0.05, 0.1) is 5.39 Å². The van der Waals surface area contributed by atoms with Crippen LogP contribution in [0.1, 0.15) is 5.56 Å². The highest BCUT2D eigenvalue weighted by molar-refractivity contribution is 6.33. The van der Waals surface area contributed by atoms with Crippen LogP contribution in [0.5, 0.6) is 0 Å². The van der Waals surface area contributed by atoms with E-state index in [9.17, 15) is 0 Å². The lowest BCUT2D eigenvalue weighted by atomic mass is 10.2. The molecule has 5 heteroatoms. The zero-order valence-electron chi connectivity index (χ0n) is 9.34. The average Bonchev–Trinajstić information content (AvgIpc) is 2.81. The van der Waals surface area contributed by atoms with Crippen molar-refractivity contribution < 1.29 is 0 Å². The molecule has 0 atom stereocenters. The standard InChI is InChI=1S/C13H9ClN4/c14-11-6-2-1-4-9(11)8-16-13-10-5-3-7-15-12(10)17-18-13/h1-8H,(H,15,17,18). The molecule has 18 heavy (non-hydrogen) atoms. The van der Waals surface area contributed by atoms with E-state index in [4.69, 9.17) is 11.6 Å². The predicted molar refractivity (Wildman–Crippen MR) is 72.6 cm³/mol. The number of halogens is 1. The first kappa shape index (κ1) is 10.9. The van der Waals surface area contributed by atoms with E-state index >= 15 is 0 Å². The maximum Gasteiger partial charge on any atom is 0.183 e. The highest BCUT2D eigenvalue weighted by atomic mass is 35.5. The Morgan fingerprint density at radius 2 is 2.06 bits per heavy atom. The van der Waals surface area contributed by atoms with Gasteiger partial charge in [0, 0.05) is 23.0 Å². The molecule has 0 aliphatic carbocycles. The molecule has 0 saturated carbocycles. The normalized spacial score (nSPS) is 11.4. The van der Waals surface area contributed by atoms with E-state index in [-0.39, 0.29) is 0 Å². The Morgan fingerprint density at radius 1 is 1.17 bits per heavy atom. The molecule has 0 saturated heterocycles. The van der Waals surface area contributed by atoms with Crippen LogP contribution in [0.25, 0.3) is 11.0 Å². The molecule has 2 aromatic heterocycles. The third-order valence-corrected chi connectivity index (χ3v) is 2.89. The summed E-state index contributed by atoms with van der Waals surface area (Å²) in [5.74, 6) is 0.609. The molecule has 3 aromatic rings. The molecule has 2 heterocycles. The van der Waals surface area contributed by atoms with E-state index in [1.807, 2.05) is 36.4 Å². The minimum atomic E-state index is 0.609. The minimum absolute atomic E-state index is 0.609. The molecule has 0 amide bonds. The first-order chi connectivity index (χ1) is 8.84. The maximum atomic E-state index is 6.05. The number of rotatable bonds is 2. The number of aromatic nitrogens is 3. The van der Waals surface area contributed by atoms with Crippen molar-refractivity contribution in [1.29, 1.82) is 0 Å². The van der Waals surface area contributed by atoms with Gasteiger partial charge in [0.1, 0.15) is 0 Å². The molecule has 0 aliphatic rings. The van der Waals surface area contributed by atoms with Crippen molar-refractivity contribution in [3.05, 3.63) is 53.2 Å². The summed E-state index contributed by atoms with van der Waals surface area (Å²) in [6.45, 7) is 0. The maximum absolute atomic E-state index is 6.05. The van der Waals surface area contributed by atoms with Gasteiger partial charge in [0.2, 0.25) is 0 Å². The number of nitrogens with zero attached hydrogens (tertiary/aromatic N) is 3. The lowest BCUT2D eigenvalue weighted by molar-refractivity contribution is 1.09. The summed E-state index contributed by atoms with van der Waals surface area (Å²) in [5, 5.41) is 8.50. The van der Waals surface area contributed by atoms with E-state index in [1.165, 1.54) is 0 Å². The van der Waals surface area contributed by atoms with Gasteiger partial charge in [0.25, 0.3) is 0 Å².